The Hall–Kier alpha value is -3.55. The smallest absolute Gasteiger partial charge is 0.252 e. The molecule has 1 amide bonds. The second-order valence-electron chi connectivity index (χ2n) is 8.67. The molecule has 0 saturated carbocycles. The van der Waals surface area contributed by atoms with Gasteiger partial charge in [-0.3, -0.25) is 14.4 Å². The maximum absolute atomic E-state index is 13.5. The molecule has 34 heavy (non-hydrogen) atoms. The predicted octanol–water partition coefficient (Wildman–Crippen LogP) is 3.71. The number of benzene rings is 2. The molecule has 3 heterocycles. The third-order valence-corrected chi connectivity index (χ3v) is 6.34. The number of nitrogens with one attached hydrogen (secondary N) is 1. The van der Waals surface area contributed by atoms with E-state index in [2.05, 4.69) is 33.5 Å². The van der Waals surface area contributed by atoms with Crippen molar-refractivity contribution >= 4 is 16.9 Å². The Labute approximate surface area is 199 Å². The molecule has 5 rings (SSSR count). The summed E-state index contributed by atoms with van der Waals surface area (Å²) in [4.78, 5) is 20.7. The molecule has 1 N–H and O–H groups in total. The molecule has 1 aliphatic heterocycles. The van der Waals surface area contributed by atoms with Crippen LogP contribution >= 0.6 is 0 Å². The van der Waals surface area contributed by atoms with Crippen LogP contribution in [0.4, 0.5) is 0 Å². The number of aryl methyl sites for hydroxylation is 2. The van der Waals surface area contributed by atoms with Crippen molar-refractivity contribution in [2.24, 2.45) is 7.05 Å². The highest BCUT2D eigenvalue weighted by molar-refractivity contribution is 6.07. The van der Waals surface area contributed by atoms with E-state index in [1.165, 1.54) is 5.56 Å². The second kappa shape index (κ2) is 9.75. The fourth-order valence-corrected chi connectivity index (χ4v) is 4.54. The molecule has 1 saturated heterocycles. The van der Waals surface area contributed by atoms with Crippen LogP contribution in [0.2, 0.25) is 0 Å². The van der Waals surface area contributed by atoms with Crippen molar-refractivity contribution in [3.63, 3.8) is 0 Å². The van der Waals surface area contributed by atoms with E-state index in [0.717, 1.165) is 60.7 Å². The topological polar surface area (TPSA) is 72.3 Å². The number of hydrogen-bond donors (Lipinski definition) is 1. The molecule has 7 nitrogen and oxygen atoms in total. The number of carbonyl (C=O) groups excluding carboxylic acids is 1. The Morgan fingerprint density at radius 1 is 1.03 bits per heavy atom. The normalized spacial score (nSPS) is 14.4. The monoisotopic (exact) mass is 455 g/mol. The van der Waals surface area contributed by atoms with Crippen LogP contribution in [0.5, 0.6) is 0 Å². The largest absolute Gasteiger partial charge is 0.379 e. The van der Waals surface area contributed by atoms with E-state index in [1.54, 1.807) is 4.68 Å². The van der Waals surface area contributed by atoms with Crippen LogP contribution in [0.1, 0.15) is 27.2 Å². The van der Waals surface area contributed by atoms with Crippen molar-refractivity contribution in [2.75, 3.05) is 26.3 Å². The van der Waals surface area contributed by atoms with E-state index >= 15 is 0 Å². The highest BCUT2D eigenvalue weighted by Crippen LogP contribution is 2.27. The molecule has 0 aliphatic carbocycles. The lowest BCUT2D eigenvalue weighted by Gasteiger charge is -2.27. The van der Waals surface area contributed by atoms with Crippen molar-refractivity contribution in [3.8, 4) is 11.3 Å². The van der Waals surface area contributed by atoms with E-state index in [4.69, 9.17) is 9.72 Å². The molecule has 0 bridgehead atoms. The Morgan fingerprint density at radius 2 is 1.74 bits per heavy atom. The van der Waals surface area contributed by atoms with Gasteiger partial charge in [0.2, 0.25) is 0 Å². The van der Waals surface area contributed by atoms with Crippen molar-refractivity contribution in [2.45, 2.75) is 20.0 Å². The van der Waals surface area contributed by atoms with Crippen molar-refractivity contribution < 1.29 is 9.53 Å². The van der Waals surface area contributed by atoms with Gasteiger partial charge in [0.05, 0.1) is 35.6 Å². The van der Waals surface area contributed by atoms with Crippen LogP contribution in [0.25, 0.3) is 22.3 Å². The van der Waals surface area contributed by atoms with Gasteiger partial charge in [0.25, 0.3) is 5.91 Å². The molecule has 0 radical (unpaired) electrons. The zero-order chi connectivity index (χ0) is 23.5. The first-order valence-electron chi connectivity index (χ1n) is 11.6. The van der Waals surface area contributed by atoms with E-state index < -0.39 is 0 Å². The Kier molecular flexibility index (Phi) is 6.38. The average molecular weight is 456 g/mol. The lowest BCUT2D eigenvalue weighted by atomic mass is 10.0. The Bertz CT molecular complexity index is 1310. The summed E-state index contributed by atoms with van der Waals surface area (Å²) in [6.45, 7) is 6.63. The second-order valence-corrected chi connectivity index (χ2v) is 8.67. The predicted molar refractivity (Wildman–Crippen MR) is 132 cm³/mol. The summed E-state index contributed by atoms with van der Waals surface area (Å²) < 4.78 is 7.21. The molecule has 0 spiro atoms. The number of aromatic nitrogens is 3. The van der Waals surface area contributed by atoms with Gasteiger partial charge in [0.15, 0.2) is 5.65 Å². The first-order valence-corrected chi connectivity index (χ1v) is 11.6. The van der Waals surface area contributed by atoms with Crippen LogP contribution in [0, 0.1) is 6.92 Å². The summed E-state index contributed by atoms with van der Waals surface area (Å²) in [6, 6.07) is 20.1. The summed E-state index contributed by atoms with van der Waals surface area (Å²) >= 11 is 0. The van der Waals surface area contributed by atoms with Crippen LogP contribution < -0.4 is 5.32 Å². The molecule has 2 aromatic heterocycles. The zero-order valence-electron chi connectivity index (χ0n) is 19.6. The quantitative estimate of drug-likeness (QED) is 0.480. The van der Waals surface area contributed by atoms with Crippen LogP contribution in [-0.2, 0) is 24.9 Å². The van der Waals surface area contributed by atoms with Gasteiger partial charge in [0.1, 0.15) is 0 Å². The van der Waals surface area contributed by atoms with Gasteiger partial charge in [-0.2, -0.15) is 5.10 Å². The Balaban J connectivity index is 1.42. The number of morpholine rings is 1. The number of ether oxygens (including phenoxy) is 1. The van der Waals surface area contributed by atoms with Crippen molar-refractivity contribution in [1.29, 1.82) is 0 Å². The third-order valence-electron chi connectivity index (χ3n) is 6.34. The minimum absolute atomic E-state index is 0.123. The molecule has 0 unspecified atom stereocenters. The van der Waals surface area contributed by atoms with Crippen molar-refractivity contribution in [3.05, 3.63) is 83.0 Å². The first kappa shape index (κ1) is 22.3. The first-order chi connectivity index (χ1) is 16.6. The molecule has 1 fully saturated rings. The molecule has 7 heteroatoms. The third kappa shape index (κ3) is 4.58. The fourth-order valence-electron chi connectivity index (χ4n) is 4.54. The standard InChI is InChI=1S/C27H29N5O2/c1-19-25-23(16-24(20-8-4-3-5-9-20)29-26(25)31(2)30-19)27(33)28-17-21-10-6-7-11-22(21)18-32-12-14-34-15-13-32/h3-11,16H,12-15,17-18H2,1-2H3,(H,28,33). The fraction of sp³-hybridized carbons (Fsp3) is 0.296. The van der Waals surface area contributed by atoms with Gasteiger partial charge in [-0.15, -0.1) is 0 Å². The molecule has 0 atom stereocenters. The summed E-state index contributed by atoms with van der Waals surface area (Å²) in [5.41, 5.74) is 6.17. The van der Waals surface area contributed by atoms with Gasteiger partial charge >= 0.3 is 0 Å². The van der Waals surface area contributed by atoms with E-state index in [0.29, 0.717) is 17.8 Å². The highest BCUT2D eigenvalue weighted by atomic mass is 16.5. The minimum Gasteiger partial charge on any atom is -0.379 e. The Morgan fingerprint density at radius 3 is 2.50 bits per heavy atom. The summed E-state index contributed by atoms with van der Waals surface area (Å²) in [5.74, 6) is -0.123. The van der Waals surface area contributed by atoms with Crippen molar-refractivity contribution in [1.82, 2.24) is 25.0 Å². The van der Waals surface area contributed by atoms with Crippen LogP contribution in [-0.4, -0.2) is 51.9 Å². The molecule has 1 aliphatic rings. The number of nitrogens with zero attached hydrogens (tertiary/aromatic N) is 4. The number of amides is 1. The number of rotatable bonds is 6. The lowest BCUT2D eigenvalue weighted by Crippen LogP contribution is -2.36. The summed E-state index contributed by atoms with van der Waals surface area (Å²) in [6.07, 6.45) is 0. The summed E-state index contributed by atoms with van der Waals surface area (Å²) in [7, 11) is 1.86. The summed E-state index contributed by atoms with van der Waals surface area (Å²) in [5, 5.41) is 8.47. The molecular formula is C27H29N5O2. The van der Waals surface area contributed by atoms with Gasteiger partial charge in [-0.05, 0) is 24.1 Å². The number of carbonyl (C=O) groups is 1. The zero-order valence-corrected chi connectivity index (χ0v) is 19.6. The van der Waals surface area contributed by atoms with E-state index in [1.807, 2.05) is 56.4 Å². The molecular weight excluding hydrogens is 426 g/mol. The number of pyridine rings is 1. The van der Waals surface area contributed by atoms with Gasteiger partial charge < -0.3 is 10.1 Å². The highest BCUT2D eigenvalue weighted by Gasteiger charge is 2.20. The molecule has 4 aromatic rings. The van der Waals surface area contributed by atoms with Gasteiger partial charge in [-0.1, -0.05) is 54.6 Å². The minimum atomic E-state index is -0.123. The molecule has 2 aromatic carbocycles. The van der Waals surface area contributed by atoms with E-state index in [9.17, 15) is 4.79 Å². The number of hydrogen-bond acceptors (Lipinski definition) is 5. The van der Waals surface area contributed by atoms with Gasteiger partial charge in [-0.25, -0.2) is 4.98 Å². The maximum atomic E-state index is 13.5. The van der Waals surface area contributed by atoms with Crippen LogP contribution in [0.15, 0.2) is 60.7 Å². The maximum Gasteiger partial charge on any atom is 0.252 e. The van der Waals surface area contributed by atoms with Gasteiger partial charge in [0, 0.05) is 38.8 Å². The molecule has 174 valence electrons. The average Bonchev–Trinajstić information content (AvgIpc) is 3.17. The number of fused-ring (bicyclic) bond motifs is 1. The lowest BCUT2D eigenvalue weighted by molar-refractivity contribution is 0.0340. The SMILES string of the molecule is Cc1nn(C)c2nc(-c3ccccc3)cc(C(=O)NCc3ccccc3CN3CCOCC3)c12. The van der Waals surface area contributed by atoms with Crippen LogP contribution in [0.3, 0.4) is 0 Å². The van der Waals surface area contributed by atoms with E-state index in [-0.39, 0.29) is 5.91 Å².